The minimum Gasteiger partial charge on any atom is -0.487 e. The molecule has 2 heterocycles. The number of hydrogen-bond donors (Lipinski definition) is 3. The van der Waals surface area contributed by atoms with Crippen LogP contribution < -0.4 is 20.7 Å². The van der Waals surface area contributed by atoms with E-state index in [0.717, 1.165) is 24.3 Å². The van der Waals surface area contributed by atoms with Crippen molar-refractivity contribution in [3.63, 3.8) is 0 Å². The van der Waals surface area contributed by atoms with Crippen LogP contribution in [-0.4, -0.2) is 37.1 Å². The first-order chi connectivity index (χ1) is 13.5. The smallest absolute Gasteiger partial charge is 0.287 e. The summed E-state index contributed by atoms with van der Waals surface area (Å²) < 4.78 is 11.2. The number of para-hydroxylation sites is 1. The molecular formula is C21H28N4O3. The van der Waals surface area contributed by atoms with Gasteiger partial charge in [0.25, 0.3) is 5.91 Å². The average molecular weight is 384 g/mol. The number of hydrogen-bond acceptors (Lipinski definition) is 4. The SMILES string of the molecule is CCNC(=NCCNC(=O)c1ccco1)NC1CC(C)(C)Oc2ccccc21. The molecule has 2 aromatic rings. The number of furan rings is 1. The Morgan fingerprint density at radius 3 is 2.79 bits per heavy atom. The number of carbonyl (C=O) groups is 1. The van der Waals surface area contributed by atoms with Crippen molar-refractivity contribution < 1.29 is 13.9 Å². The van der Waals surface area contributed by atoms with Gasteiger partial charge in [-0.25, -0.2) is 0 Å². The Balaban J connectivity index is 1.62. The molecule has 7 heteroatoms. The summed E-state index contributed by atoms with van der Waals surface area (Å²) in [5.74, 6) is 1.68. The molecular weight excluding hydrogens is 356 g/mol. The maximum Gasteiger partial charge on any atom is 0.287 e. The van der Waals surface area contributed by atoms with Gasteiger partial charge in [0.15, 0.2) is 11.7 Å². The van der Waals surface area contributed by atoms with Crippen LogP contribution >= 0.6 is 0 Å². The van der Waals surface area contributed by atoms with E-state index in [-0.39, 0.29) is 17.6 Å². The molecule has 1 amide bonds. The Bertz CT molecular complexity index is 815. The van der Waals surface area contributed by atoms with Gasteiger partial charge < -0.3 is 25.1 Å². The number of guanidine groups is 1. The fraction of sp³-hybridized carbons (Fsp3) is 0.429. The standard InChI is InChI=1S/C21H28N4O3/c1-4-22-20(24-12-11-23-19(26)18-10-7-13-27-18)25-16-14-21(2,3)28-17-9-6-5-8-15(16)17/h5-10,13,16H,4,11-12,14H2,1-3H3,(H,23,26)(H2,22,24,25). The van der Waals surface area contributed by atoms with Gasteiger partial charge in [0, 0.05) is 25.1 Å². The molecule has 1 unspecified atom stereocenters. The second-order valence-corrected chi connectivity index (χ2v) is 7.29. The van der Waals surface area contributed by atoms with Crippen molar-refractivity contribution in [2.24, 2.45) is 4.99 Å². The van der Waals surface area contributed by atoms with Gasteiger partial charge in [0.2, 0.25) is 0 Å². The summed E-state index contributed by atoms with van der Waals surface area (Å²) in [7, 11) is 0. The van der Waals surface area contributed by atoms with E-state index < -0.39 is 0 Å². The molecule has 7 nitrogen and oxygen atoms in total. The predicted molar refractivity (Wildman–Crippen MR) is 109 cm³/mol. The van der Waals surface area contributed by atoms with Crippen molar-refractivity contribution in [2.75, 3.05) is 19.6 Å². The molecule has 0 bridgehead atoms. The molecule has 0 saturated heterocycles. The van der Waals surface area contributed by atoms with Gasteiger partial charge in [0.1, 0.15) is 11.4 Å². The van der Waals surface area contributed by atoms with Gasteiger partial charge in [-0.05, 0) is 39.0 Å². The van der Waals surface area contributed by atoms with Crippen LogP contribution in [-0.2, 0) is 0 Å². The van der Waals surface area contributed by atoms with E-state index in [1.165, 1.54) is 6.26 Å². The first-order valence-corrected chi connectivity index (χ1v) is 9.63. The van der Waals surface area contributed by atoms with Crippen LogP contribution in [0, 0.1) is 0 Å². The second kappa shape index (κ2) is 8.82. The second-order valence-electron chi connectivity index (χ2n) is 7.29. The summed E-state index contributed by atoms with van der Waals surface area (Å²) in [5, 5.41) is 9.58. The molecule has 0 aliphatic carbocycles. The molecule has 1 aliphatic rings. The van der Waals surface area contributed by atoms with Gasteiger partial charge in [-0.15, -0.1) is 0 Å². The Morgan fingerprint density at radius 1 is 1.21 bits per heavy atom. The zero-order valence-corrected chi connectivity index (χ0v) is 16.6. The highest BCUT2D eigenvalue weighted by atomic mass is 16.5. The molecule has 0 radical (unpaired) electrons. The molecule has 0 spiro atoms. The van der Waals surface area contributed by atoms with E-state index in [2.05, 4.69) is 40.9 Å². The summed E-state index contributed by atoms with van der Waals surface area (Å²) in [4.78, 5) is 16.5. The van der Waals surface area contributed by atoms with Crippen LogP contribution in [0.15, 0.2) is 52.1 Å². The summed E-state index contributed by atoms with van der Waals surface area (Å²) in [6.45, 7) is 7.83. The Labute approximate surface area is 165 Å². The minimum atomic E-state index is -0.264. The highest BCUT2D eigenvalue weighted by Crippen LogP contribution is 2.39. The van der Waals surface area contributed by atoms with Crippen molar-refractivity contribution in [1.82, 2.24) is 16.0 Å². The predicted octanol–water partition coefficient (Wildman–Crippen LogP) is 2.87. The number of carbonyl (C=O) groups excluding carboxylic acids is 1. The third-order valence-corrected chi connectivity index (χ3v) is 4.44. The molecule has 1 aliphatic heterocycles. The molecule has 3 rings (SSSR count). The summed E-state index contributed by atoms with van der Waals surface area (Å²) >= 11 is 0. The number of rotatable bonds is 6. The molecule has 1 aromatic carbocycles. The lowest BCUT2D eigenvalue weighted by Gasteiger charge is -2.38. The molecule has 0 fully saturated rings. The van der Waals surface area contributed by atoms with Gasteiger partial charge >= 0.3 is 0 Å². The van der Waals surface area contributed by atoms with Crippen molar-refractivity contribution >= 4 is 11.9 Å². The fourth-order valence-corrected chi connectivity index (χ4v) is 3.25. The molecule has 0 saturated carbocycles. The van der Waals surface area contributed by atoms with Crippen LogP contribution in [0.1, 0.15) is 49.4 Å². The minimum absolute atomic E-state index is 0.0930. The van der Waals surface area contributed by atoms with E-state index in [4.69, 9.17) is 9.15 Å². The molecule has 1 atom stereocenters. The molecule has 150 valence electrons. The van der Waals surface area contributed by atoms with E-state index in [0.29, 0.717) is 24.8 Å². The topological polar surface area (TPSA) is 87.9 Å². The number of nitrogens with one attached hydrogen (secondary N) is 3. The summed E-state index contributed by atoms with van der Waals surface area (Å²) in [5.41, 5.74) is 0.860. The highest BCUT2D eigenvalue weighted by Gasteiger charge is 2.33. The van der Waals surface area contributed by atoms with Crippen LogP contribution in [0.3, 0.4) is 0 Å². The molecule has 1 aromatic heterocycles. The monoisotopic (exact) mass is 384 g/mol. The Kier molecular flexibility index (Phi) is 6.23. The number of amides is 1. The summed E-state index contributed by atoms with van der Waals surface area (Å²) in [6.07, 6.45) is 2.30. The van der Waals surface area contributed by atoms with E-state index in [1.807, 2.05) is 25.1 Å². The number of benzene rings is 1. The fourth-order valence-electron chi connectivity index (χ4n) is 3.25. The zero-order valence-electron chi connectivity index (χ0n) is 16.6. The first kappa shape index (κ1) is 19.8. The lowest BCUT2D eigenvalue weighted by Crippen LogP contribution is -2.45. The van der Waals surface area contributed by atoms with Gasteiger partial charge in [-0.2, -0.15) is 0 Å². The van der Waals surface area contributed by atoms with Crippen molar-refractivity contribution in [2.45, 2.75) is 38.8 Å². The van der Waals surface area contributed by atoms with Crippen LogP contribution in [0.2, 0.25) is 0 Å². The van der Waals surface area contributed by atoms with Crippen molar-refractivity contribution in [3.8, 4) is 5.75 Å². The van der Waals surface area contributed by atoms with Crippen LogP contribution in [0.4, 0.5) is 0 Å². The maximum absolute atomic E-state index is 11.9. The summed E-state index contributed by atoms with van der Waals surface area (Å²) in [6, 6.07) is 11.5. The number of ether oxygens (including phenoxy) is 1. The third kappa shape index (κ3) is 5.06. The number of fused-ring (bicyclic) bond motifs is 1. The van der Waals surface area contributed by atoms with E-state index in [9.17, 15) is 4.79 Å². The molecule has 3 N–H and O–H groups in total. The third-order valence-electron chi connectivity index (χ3n) is 4.44. The van der Waals surface area contributed by atoms with E-state index in [1.54, 1.807) is 12.1 Å². The maximum atomic E-state index is 11.9. The van der Waals surface area contributed by atoms with Crippen LogP contribution in [0.5, 0.6) is 5.75 Å². The molecule has 28 heavy (non-hydrogen) atoms. The quantitative estimate of drug-likeness (QED) is 0.405. The Morgan fingerprint density at radius 2 is 2.04 bits per heavy atom. The van der Waals surface area contributed by atoms with Gasteiger partial charge in [-0.3, -0.25) is 9.79 Å². The first-order valence-electron chi connectivity index (χ1n) is 9.63. The van der Waals surface area contributed by atoms with Gasteiger partial charge in [0.05, 0.1) is 18.8 Å². The Hall–Kier alpha value is -2.96. The number of nitrogens with zero attached hydrogens (tertiary/aromatic N) is 1. The van der Waals surface area contributed by atoms with Crippen LogP contribution in [0.25, 0.3) is 0 Å². The van der Waals surface area contributed by atoms with Gasteiger partial charge in [-0.1, -0.05) is 18.2 Å². The highest BCUT2D eigenvalue weighted by molar-refractivity contribution is 5.91. The largest absolute Gasteiger partial charge is 0.487 e. The number of aliphatic imine (C=N–C) groups is 1. The lowest BCUT2D eigenvalue weighted by atomic mass is 9.90. The average Bonchev–Trinajstić information content (AvgIpc) is 3.19. The normalized spacial score (nSPS) is 18.0. The van der Waals surface area contributed by atoms with Crippen molar-refractivity contribution in [1.29, 1.82) is 0 Å². The zero-order chi connectivity index (χ0) is 20.0. The lowest BCUT2D eigenvalue weighted by molar-refractivity contribution is 0.0694. The van der Waals surface area contributed by atoms with E-state index >= 15 is 0 Å². The van der Waals surface area contributed by atoms with Crippen molar-refractivity contribution in [3.05, 3.63) is 54.0 Å².